The van der Waals surface area contributed by atoms with Crippen LogP contribution < -0.4 is 0 Å². The van der Waals surface area contributed by atoms with Crippen LogP contribution in [0.3, 0.4) is 0 Å². The molecule has 12 aromatic rings. The molecular weight excluding hydrogens is 677 g/mol. The Bertz CT molecular complexity index is 3430. The van der Waals surface area contributed by atoms with Crippen LogP contribution >= 0.6 is 0 Å². The van der Waals surface area contributed by atoms with E-state index in [4.69, 9.17) is 23.8 Å². The fraction of sp³-hybridized carbons (Fsp3) is 0. The second kappa shape index (κ2) is 11.5. The van der Waals surface area contributed by atoms with Crippen molar-refractivity contribution in [2.75, 3.05) is 0 Å². The van der Waals surface area contributed by atoms with Gasteiger partial charge in [-0.1, -0.05) is 127 Å². The first-order valence-electron chi connectivity index (χ1n) is 18.4. The number of fused-ring (bicyclic) bond motifs is 14. The van der Waals surface area contributed by atoms with Crippen molar-refractivity contribution in [3.63, 3.8) is 0 Å². The second-order valence-corrected chi connectivity index (χ2v) is 13.9. The van der Waals surface area contributed by atoms with E-state index >= 15 is 0 Å². The van der Waals surface area contributed by atoms with Crippen LogP contribution in [0.5, 0.6) is 0 Å². The molecule has 0 aliphatic heterocycles. The smallest absolute Gasteiger partial charge is 0.164 e. The van der Waals surface area contributed by atoms with Gasteiger partial charge in [-0.05, 0) is 47.9 Å². The first kappa shape index (κ1) is 29.9. The number of hydrogen-bond donors (Lipinski definition) is 0. The molecule has 0 aliphatic carbocycles. The molecule has 256 valence electrons. The van der Waals surface area contributed by atoms with Crippen molar-refractivity contribution in [1.82, 2.24) is 19.5 Å². The van der Waals surface area contributed by atoms with Gasteiger partial charge in [0.25, 0.3) is 0 Å². The van der Waals surface area contributed by atoms with Crippen LogP contribution in [0, 0.1) is 0 Å². The average Bonchev–Trinajstić information content (AvgIpc) is 3.94. The van der Waals surface area contributed by atoms with Crippen LogP contribution in [0.2, 0.25) is 0 Å². The number of benzene rings is 8. The van der Waals surface area contributed by atoms with Gasteiger partial charge in [-0.2, -0.15) is 0 Å². The molecule has 12 rings (SSSR count). The maximum atomic E-state index is 6.96. The minimum atomic E-state index is 0.601. The Labute approximate surface area is 313 Å². The lowest BCUT2D eigenvalue weighted by Crippen LogP contribution is -2.01. The van der Waals surface area contributed by atoms with Gasteiger partial charge in [-0.3, -0.25) is 0 Å². The van der Waals surface area contributed by atoms with Crippen molar-refractivity contribution in [3.8, 4) is 39.9 Å². The maximum Gasteiger partial charge on any atom is 0.164 e. The molecule has 0 atom stereocenters. The van der Waals surface area contributed by atoms with Crippen molar-refractivity contribution in [1.29, 1.82) is 0 Å². The van der Waals surface area contributed by atoms with Crippen molar-refractivity contribution in [2.45, 2.75) is 0 Å². The molecule has 8 aromatic carbocycles. The van der Waals surface area contributed by atoms with Crippen molar-refractivity contribution < 1.29 is 8.83 Å². The van der Waals surface area contributed by atoms with E-state index in [9.17, 15) is 0 Å². The van der Waals surface area contributed by atoms with Crippen molar-refractivity contribution in [3.05, 3.63) is 170 Å². The van der Waals surface area contributed by atoms with E-state index in [0.717, 1.165) is 98.8 Å². The Kier molecular flexibility index (Phi) is 6.24. The zero-order chi connectivity index (χ0) is 36.0. The number of nitrogens with zero attached hydrogens (tertiary/aromatic N) is 4. The average molecular weight is 705 g/mol. The molecule has 6 nitrogen and oxygen atoms in total. The fourth-order valence-electron chi connectivity index (χ4n) is 8.46. The lowest BCUT2D eigenvalue weighted by molar-refractivity contribution is 0.669. The molecular formula is C49H28N4O2. The molecule has 0 bridgehead atoms. The monoisotopic (exact) mass is 704 g/mol. The molecule has 0 unspecified atom stereocenters. The van der Waals surface area contributed by atoms with Gasteiger partial charge in [0.1, 0.15) is 16.7 Å². The predicted molar refractivity (Wildman–Crippen MR) is 223 cm³/mol. The highest BCUT2D eigenvalue weighted by Crippen LogP contribution is 2.49. The maximum absolute atomic E-state index is 6.96. The van der Waals surface area contributed by atoms with E-state index in [0.29, 0.717) is 17.5 Å². The molecule has 55 heavy (non-hydrogen) atoms. The Balaban J connectivity index is 1.19. The standard InChI is InChI=1S/C49H28N4O2/c1-3-14-29(15-4-1)47-50-48(30-16-5-2-6-17-30)52-49(51-47)31-18-13-19-32(28-31)53-37-23-10-7-20-33(37)41-36-26-27-40-42(34-21-8-11-24-38(34)54-40)43(36)44-35-22-9-12-25-39(35)55-46(44)45(41)53/h1-28H. The Hall–Kier alpha value is -7.57. The highest BCUT2D eigenvalue weighted by Gasteiger charge is 2.25. The summed E-state index contributed by atoms with van der Waals surface area (Å²) in [4.78, 5) is 15.0. The molecule has 0 saturated heterocycles. The van der Waals surface area contributed by atoms with Gasteiger partial charge < -0.3 is 13.4 Å². The summed E-state index contributed by atoms with van der Waals surface area (Å²) in [7, 11) is 0. The zero-order valence-electron chi connectivity index (χ0n) is 29.3. The molecule has 0 N–H and O–H groups in total. The summed E-state index contributed by atoms with van der Waals surface area (Å²) in [6.07, 6.45) is 0. The van der Waals surface area contributed by atoms with Crippen LogP contribution in [-0.4, -0.2) is 19.5 Å². The summed E-state index contributed by atoms with van der Waals surface area (Å²) in [6.45, 7) is 0. The molecule has 0 spiro atoms. The summed E-state index contributed by atoms with van der Waals surface area (Å²) in [6, 6.07) is 58.3. The molecule has 4 aromatic heterocycles. The first-order chi connectivity index (χ1) is 27.3. The molecule has 0 saturated carbocycles. The van der Waals surface area contributed by atoms with E-state index in [1.54, 1.807) is 0 Å². The van der Waals surface area contributed by atoms with Gasteiger partial charge in [0.05, 0.1) is 11.0 Å². The third-order valence-corrected chi connectivity index (χ3v) is 10.8. The van der Waals surface area contributed by atoms with Gasteiger partial charge in [0.2, 0.25) is 0 Å². The van der Waals surface area contributed by atoms with E-state index in [2.05, 4.69) is 95.6 Å². The Morgan fingerprint density at radius 1 is 0.364 bits per heavy atom. The van der Waals surface area contributed by atoms with Gasteiger partial charge in [-0.25, -0.2) is 15.0 Å². The summed E-state index contributed by atoms with van der Waals surface area (Å²) in [5, 5.41) is 8.90. The number of hydrogen-bond acceptors (Lipinski definition) is 5. The number of furan rings is 2. The van der Waals surface area contributed by atoms with Crippen molar-refractivity contribution >= 4 is 76.5 Å². The van der Waals surface area contributed by atoms with Gasteiger partial charge >= 0.3 is 0 Å². The highest BCUT2D eigenvalue weighted by atomic mass is 16.3. The van der Waals surface area contributed by atoms with Crippen LogP contribution in [0.4, 0.5) is 0 Å². The number of aromatic nitrogens is 4. The third kappa shape index (κ3) is 4.39. The minimum absolute atomic E-state index is 0.601. The summed E-state index contributed by atoms with van der Waals surface area (Å²) < 4.78 is 15.8. The van der Waals surface area contributed by atoms with Gasteiger partial charge in [0, 0.05) is 60.1 Å². The zero-order valence-corrected chi connectivity index (χ0v) is 29.3. The molecule has 0 amide bonds. The Morgan fingerprint density at radius 3 is 1.64 bits per heavy atom. The van der Waals surface area contributed by atoms with E-state index in [-0.39, 0.29) is 0 Å². The molecule has 0 aliphatic rings. The summed E-state index contributed by atoms with van der Waals surface area (Å²) >= 11 is 0. The van der Waals surface area contributed by atoms with Crippen LogP contribution in [0.15, 0.2) is 179 Å². The van der Waals surface area contributed by atoms with Crippen LogP contribution in [0.25, 0.3) is 116 Å². The van der Waals surface area contributed by atoms with Gasteiger partial charge in [0.15, 0.2) is 23.1 Å². The lowest BCUT2D eigenvalue weighted by Gasteiger charge is -2.12. The van der Waals surface area contributed by atoms with Crippen molar-refractivity contribution in [2.24, 2.45) is 0 Å². The molecule has 0 fully saturated rings. The van der Waals surface area contributed by atoms with E-state index in [1.807, 2.05) is 78.9 Å². The summed E-state index contributed by atoms with van der Waals surface area (Å²) in [5.74, 6) is 1.85. The normalized spacial score (nSPS) is 12.0. The fourth-order valence-corrected chi connectivity index (χ4v) is 8.46. The predicted octanol–water partition coefficient (Wildman–Crippen LogP) is 12.9. The third-order valence-electron chi connectivity index (χ3n) is 10.8. The van der Waals surface area contributed by atoms with E-state index in [1.165, 1.54) is 0 Å². The van der Waals surface area contributed by atoms with Crippen LogP contribution in [-0.2, 0) is 0 Å². The van der Waals surface area contributed by atoms with E-state index < -0.39 is 0 Å². The number of rotatable bonds is 4. The molecule has 4 heterocycles. The Morgan fingerprint density at radius 2 is 0.927 bits per heavy atom. The molecule has 6 heteroatoms. The van der Waals surface area contributed by atoms with Crippen LogP contribution in [0.1, 0.15) is 0 Å². The highest BCUT2D eigenvalue weighted by molar-refractivity contribution is 6.40. The number of para-hydroxylation sites is 3. The summed E-state index contributed by atoms with van der Waals surface area (Å²) in [5.41, 5.74) is 9.21. The quantitative estimate of drug-likeness (QED) is 0.182. The SMILES string of the molecule is c1ccc(-c2nc(-c3ccccc3)nc(-c3cccc(-n4c5ccccc5c5c6ccc7oc8ccccc8c7c6c6c7ccccc7oc6c54)c3)n2)cc1. The lowest BCUT2D eigenvalue weighted by atomic mass is 9.95. The largest absolute Gasteiger partial charge is 0.456 e. The second-order valence-electron chi connectivity index (χ2n) is 13.9. The topological polar surface area (TPSA) is 69.9 Å². The van der Waals surface area contributed by atoms with Gasteiger partial charge in [-0.15, -0.1) is 0 Å². The molecule has 0 radical (unpaired) electrons. The minimum Gasteiger partial charge on any atom is -0.456 e. The first-order valence-corrected chi connectivity index (χ1v) is 18.4.